The molecule has 16 heavy (non-hydrogen) atoms. The van der Waals surface area contributed by atoms with Crippen LogP contribution in [0, 0.1) is 15.7 Å². The summed E-state index contributed by atoms with van der Waals surface area (Å²) in [5.74, 6) is 2.27. The van der Waals surface area contributed by atoms with Gasteiger partial charge in [0, 0.05) is 28.7 Å². The Balaban J connectivity index is 2.64. The SMILES string of the molecule is O=c1c2ccc(F)cc2nnn1CC#CI. The molecule has 2 aromatic rings. The third-order valence-corrected chi connectivity index (χ3v) is 2.36. The molecule has 2 rings (SSSR count). The normalized spacial score (nSPS) is 9.88. The lowest BCUT2D eigenvalue weighted by Crippen LogP contribution is -2.23. The molecule has 0 saturated carbocycles. The molecule has 0 unspecified atom stereocenters. The lowest BCUT2D eigenvalue weighted by atomic mass is 10.2. The predicted octanol–water partition coefficient (Wildman–Crippen LogP) is 1.33. The van der Waals surface area contributed by atoms with Crippen molar-refractivity contribution in [2.24, 2.45) is 0 Å². The summed E-state index contributed by atoms with van der Waals surface area (Å²) < 4.78 is 16.6. The molecule has 0 spiro atoms. The van der Waals surface area contributed by atoms with Crippen LogP contribution in [0.2, 0.25) is 0 Å². The molecule has 1 aromatic heterocycles. The smallest absolute Gasteiger partial charge is 0.267 e. The van der Waals surface area contributed by atoms with Crippen LogP contribution in [0.4, 0.5) is 4.39 Å². The van der Waals surface area contributed by atoms with E-state index >= 15 is 0 Å². The van der Waals surface area contributed by atoms with Crippen molar-refractivity contribution in [3.05, 3.63) is 34.4 Å². The minimum Gasteiger partial charge on any atom is -0.267 e. The molecule has 0 bridgehead atoms. The molecule has 1 heterocycles. The van der Waals surface area contributed by atoms with Gasteiger partial charge in [-0.1, -0.05) is 11.1 Å². The zero-order chi connectivity index (χ0) is 11.5. The number of aromatic nitrogens is 3. The van der Waals surface area contributed by atoms with Crippen molar-refractivity contribution < 1.29 is 4.39 Å². The van der Waals surface area contributed by atoms with Gasteiger partial charge in [-0.2, -0.15) is 4.68 Å². The van der Waals surface area contributed by atoms with Crippen molar-refractivity contribution in [3.63, 3.8) is 0 Å². The summed E-state index contributed by atoms with van der Waals surface area (Å²) in [6.45, 7) is 0.183. The molecular weight excluding hydrogens is 324 g/mol. The van der Waals surface area contributed by atoms with E-state index in [0.29, 0.717) is 5.39 Å². The predicted molar refractivity (Wildman–Crippen MR) is 65.6 cm³/mol. The van der Waals surface area contributed by atoms with E-state index in [0.717, 1.165) is 4.68 Å². The van der Waals surface area contributed by atoms with Gasteiger partial charge < -0.3 is 0 Å². The van der Waals surface area contributed by atoms with Crippen LogP contribution in [0.3, 0.4) is 0 Å². The summed E-state index contributed by atoms with van der Waals surface area (Å²) in [5, 5.41) is 7.76. The molecular formula is C10H5FIN3O. The van der Waals surface area contributed by atoms with Gasteiger partial charge in [-0.3, -0.25) is 4.79 Å². The van der Waals surface area contributed by atoms with E-state index in [1.165, 1.54) is 18.2 Å². The summed E-state index contributed by atoms with van der Waals surface area (Å²) in [6.07, 6.45) is 0. The van der Waals surface area contributed by atoms with Crippen LogP contribution >= 0.6 is 22.6 Å². The lowest BCUT2D eigenvalue weighted by molar-refractivity contribution is 0.612. The van der Waals surface area contributed by atoms with E-state index in [1.54, 1.807) is 0 Å². The van der Waals surface area contributed by atoms with Gasteiger partial charge in [0.25, 0.3) is 5.56 Å². The van der Waals surface area contributed by atoms with Crippen molar-refractivity contribution in [1.82, 2.24) is 15.0 Å². The van der Waals surface area contributed by atoms with E-state index in [4.69, 9.17) is 0 Å². The second kappa shape index (κ2) is 4.57. The summed E-state index contributed by atoms with van der Waals surface area (Å²) in [6, 6.07) is 3.80. The van der Waals surface area contributed by atoms with Crippen molar-refractivity contribution in [1.29, 1.82) is 0 Å². The molecule has 0 aliphatic carbocycles. The van der Waals surface area contributed by atoms with Crippen LogP contribution in [0.15, 0.2) is 23.0 Å². The van der Waals surface area contributed by atoms with Crippen LogP contribution in [-0.2, 0) is 6.54 Å². The summed E-state index contributed by atoms with van der Waals surface area (Å²) in [5.41, 5.74) is -0.0622. The van der Waals surface area contributed by atoms with Gasteiger partial charge in [-0.15, -0.1) is 5.10 Å². The quantitative estimate of drug-likeness (QED) is 0.586. The van der Waals surface area contributed by atoms with Crippen LogP contribution in [-0.4, -0.2) is 15.0 Å². The molecule has 0 radical (unpaired) electrons. The highest BCUT2D eigenvalue weighted by Gasteiger charge is 2.05. The Bertz CT molecular complexity index is 656. The number of hydrogen-bond acceptors (Lipinski definition) is 3. The van der Waals surface area contributed by atoms with E-state index in [1.807, 2.05) is 22.6 Å². The first-order valence-electron chi connectivity index (χ1n) is 4.34. The van der Waals surface area contributed by atoms with Crippen molar-refractivity contribution in [2.45, 2.75) is 6.54 Å². The Morgan fingerprint density at radius 2 is 2.31 bits per heavy atom. The summed E-state index contributed by atoms with van der Waals surface area (Å²) in [4.78, 5) is 11.8. The zero-order valence-electron chi connectivity index (χ0n) is 7.94. The minimum atomic E-state index is -0.439. The second-order valence-corrected chi connectivity index (χ2v) is 3.52. The Hall–Kier alpha value is -1.49. The highest BCUT2D eigenvalue weighted by Crippen LogP contribution is 2.07. The van der Waals surface area contributed by atoms with E-state index < -0.39 is 5.82 Å². The molecule has 4 nitrogen and oxygen atoms in total. The first-order valence-corrected chi connectivity index (χ1v) is 5.42. The molecule has 0 atom stereocenters. The fourth-order valence-corrected chi connectivity index (χ4v) is 1.43. The average molecular weight is 329 g/mol. The van der Waals surface area contributed by atoms with Gasteiger partial charge in [-0.25, -0.2) is 4.39 Å². The Labute approximate surface area is 104 Å². The first kappa shape index (κ1) is 11.0. The average Bonchev–Trinajstić information content (AvgIpc) is 2.28. The molecule has 1 aromatic carbocycles. The van der Waals surface area contributed by atoms with Crippen LogP contribution in [0.1, 0.15) is 0 Å². The maximum atomic E-state index is 12.9. The third kappa shape index (κ3) is 2.04. The minimum absolute atomic E-state index is 0.183. The number of rotatable bonds is 1. The van der Waals surface area contributed by atoms with Crippen molar-refractivity contribution in [2.75, 3.05) is 0 Å². The summed E-state index contributed by atoms with van der Waals surface area (Å²) in [7, 11) is 0. The highest BCUT2D eigenvalue weighted by molar-refractivity contribution is 14.1. The third-order valence-electron chi connectivity index (χ3n) is 1.98. The molecule has 80 valence electrons. The van der Waals surface area contributed by atoms with Gasteiger partial charge >= 0.3 is 0 Å². The van der Waals surface area contributed by atoms with E-state index in [-0.39, 0.29) is 17.6 Å². The van der Waals surface area contributed by atoms with Gasteiger partial charge in [0.05, 0.1) is 5.39 Å². The highest BCUT2D eigenvalue weighted by atomic mass is 127. The molecule has 0 amide bonds. The van der Waals surface area contributed by atoms with E-state index in [9.17, 15) is 9.18 Å². The van der Waals surface area contributed by atoms with Crippen LogP contribution in [0.25, 0.3) is 10.9 Å². The number of nitrogens with zero attached hydrogens (tertiary/aromatic N) is 3. The topological polar surface area (TPSA) is 47.8 Å². The van der Waals surface area contributed by atoms with Gasteiger partial charge in [-0.05, 0) is 16.1 Å². The second-order valence-electron chi connectivity index (χ2n) is 2.98. The van der Waals surface area contributed by atoms with Gasteiger partial charge in [0.15, 0.2) is 0 Å². The zero-order valence-corrected chi connectivity index (χ0v) is 10.1. The molecule has 0 aliphatic heterocycles. The monoisotopic (exact) mass is 329 g/mol. The Kier molecular flexibility index (Phi) is 3.14. The van der Waals surface area contributed by atoms with Crippen LogP contribution in [0.5, 0.6) is 0 Å². The summed E-state index contributed by atoms with van der Waals surface area (Å²) >= 11 is 1.87. The first-order chi connectivity index (χ1) is 7.72. The fraction of sp³-hybridized carbons (Fsp3) is 0.100. The maximum Gasteiger partial charge on any atom is 0.278 e. The van der Waals surface area contributed by atoms with Crippen molar-refractivity contribution >= 4 is 33.5 Å². The molecule has 6 heteroatoms. The number of fused-ring (bicyclic) bond motifs is 1. The van der Waals surface area contributed by atoms with E-state index in [2.05, 4.69) is 20.2 Å². The number of hydrogen-bond donors (Lipinski definition) is 0. The molecule has 0 N–H and O–H groups in total. The van der Waals surface area contributed by atoms with Gasteiger partial charge in [0.1, 0.15) is 17.9 Å². The standard InChI is InChI=1S/C10H5FIN3O/c11-7-2-3-8-9(6-7)13-14-15(10(8)16)5-1-4-12/h2-3,6H,5H2. The Morgan fingerprint density at radius 1 is 1.50 bits per heavy atom. The largest absolute Gasteiger partial charge is 0.278 e. The van der Waals surface area contributed by atoms with Gasteiger partial charge in [0.2, 0.25) is 0 Å². The molecule has 0 saturated heterocycles. The number of halogens is 2. The lowest BCUT2D eigenvalue weighted by Gasteiger charge is -2.00. The maximum absolute atomic E-state index is 12.9. The Morgan fingerprint density at radius 3 is 3.06 bits per heavy atom. The molecule has 0 fully saturated rings. The number of benzene rings is 1. The fourth-order valence-electron chi connectivity index (χ4n) is 1.26. The van der Waals surface area contributed by atoms with Crippen LogP contribution < -0.4 is 5.56 Å². The molecule has 0 aliphatic rings. The van der Waals surface area contributed by atoms with Crippen molar-refractivity contribution in [3.8, 4) is 9.85 Å².